The summed E-state index contributed by atoms with van der Waals surface area (Å²) in [6, 6.07) is 15.5. The number of nitrogens with zero attached hydrogens (tertiary/aromatic N) is 5. The third-order valence-corrected chi connectivity index (χ3v) is 4.97. The van der Waals surface area contributed by atoms with E-state index in [-0.39, 0.29) is 11.8 Å². The number of rotatable bonds is 3. The molecule has 2 aromatic carbocycles. The highest BCUT2D eigenvalue weighted by molar-refractivity contribution is 5.96. The van der Waals surface area contributed by atoms with Crippen molar-refractivity contribution >= 4 is 22.6 Å². The lowest BCUT2D eigenvalue weighted by molar-refractivity contribution is -0.117. The van der Waals surface area contributed by atoms with E-state index >= 15 is 0 Å². The van der Waals surface area contributed by atoms with Gasteiger partial charge in [0.15, 0.2) is 0 Å². The normalized spacial score (nSPS) is 17.1. The van der Waals surface area contributed by atoms with E-state index in [9.17, 15) is 4.79 Å². The molecule has 7 nitrogen and oxygen atoms in total. The first kappa shape index (κ1) is 15.7. The van der Waals surface area contributed by atoms with Crippen LogP contribution in [0.15, 0.2) is 59.4 Å². The Balaban J connectivity index is 1.41. The molecule has 4 aromatic rings. The summed E-state index contributed by atoms with van der Waals surface area (Å²) in [5, 5.41) is 4.12. The van der Waals surface area contributed by atoms with Crippen molar-refractivity contribution in [1.82, 2.24) is 19.7 Å². The molecule has 0 radical (unpaired) electrons. The Labute approximate surface area is 155 Å². The fourth-order valence-corrected chi connectivity index (χ4v) is 3.52. The van der Waals surface area contributed by atoms with Crippen molar-refractivity contribution in [2.45, 2.75) is 12.3 Å². The Morgan fingerprint density at radius 2 is 2.00 bits per heavy atom. The zero-order valence-electron chi connectivity index (χ0n) is 14.7. The van der Waals surface area contributed by atoms with E-state index < -0.39 is 0 Å². The molecule has 1 aliphatic heterocycles. The van der Waals surface area contributed by atoms with Gasteiger partial charge in [0.1, 0.15) is 0 Å². The van der Waals surface area contributed by atoms with E-state index in [0.717, 1.165) is 22.3 Å². The molecule has 1 amide bonds. The highest BCUT2D eigenvalue weighted by Gasteiger charge is 2.35. The van der Waals surface area contributed by atoms with Gasteiger partial charge in [-0.25, -0.2) is 4.98 Å². The van der Waals surface area contributed by atoms with Gasteiger partial charge in [-0.1, -0.05) is 23.4 Å². The Bertz CT molecular complexity index is 1130. The third-order valence-electron chi connectivity index (χ3n) is 4.97. The summed E-state index contributed by atoms with van der Waals surface area (Å²) >= 11 is 0. The molecule has 1 fully saturated rings. The van der Waals surface area contributed by atoms with Crippen molar-refractivity contribution in [1.29, 1.82) is 0 Å². The molecule has 134 valence electrons. The number of hydrogen-bond acceptors (Lipinski definition) is 5. The van der Waals surface area contributed by atoms with Gasteiger partial charge in [0.25, 0.3) is 0 Å². The van der Waals surface area contributed by atoms with Gasteiger partial charge in [-0.15, -0.1) is 0 Å². The van der Waals surface area contributed by atoms with E-state index in [1.807, 2.05) is 60.1 Å². The summed E-state index contributed by atoms with van der Waals surface area (Å²) in [6.45, 7) is 0.545. The zero-order chi connectivity index (χ0) is 18.4. The van der Waals surface area contributed by atoms with Crippen LogP contribution in [0.25, 0.3) is 22.4 Å². The fourth-order valence-electron chi connectivity index (χ4n) is 3.52. The summed E-state index contributed by atoms with van der Waals surface area (Å²) in [5.74, 6) is 0.986. The Morgan fingerprint density at radius 3 is 2.85 bits per heavy atom. The van der Waals surface area contributed by atoms with Gasteiger partial charge in [-0.2, -0.15) is 4.98 Å². The molecule has 3 heterocycles. The predicted octanol–water partition coefficient (Wildman–Crippen LogP) is 3.14. The molecule has 27 heavy (non-hydrogen) atoms. The van der Waals surface area contributed by atoms with Crippen LogP contribution in [0, 0.1) is 0 Å². The molecule has 0 spiro atoms. The van der Waals surface area contributed by atoms with Crippen molar-refractivity contribution in [3.8, 4) is 11.4 Å². The molecular formula is C20H17N5O2. The summed E-state index contributed by atoms with van der Waals surface area (Å²) in [4.78, 5) is 23.1. The van der Waals surface area contributed by atoms with Crippen molar-refractivity contribution in [2.24, 2.45) is 7.05 Å². The van der Waals surface area contributed by atoms with Crippen LogP contribution < -0.4 is 4.90 Å². The largest absolute Gasteiger partial charge is 0.339 e. The first-order chi connectivity index (χ1) is 13.2. The van der Waals surface area contributed by atoms with E-state index in [2.05, 4.69) is 15.1 Å². The fraction of sp³-hybridized carbons (Fsp3) is 0.200. The second-order valence-corrected chi connectivity index (χ2v) is 6.76. The number of para-hydroxylation sites is 1. The van der Waals surface area contributed by atoms with Gasteiger partial charge in [0, 0.05) is 31.3 Å². The molecule has 0 N–H and O–H groups in total. The molecule has 0 saturated carbocycles. The molecule has 5 rings (SSSR count). The molecule has 1 aliphatic rings. The lowest BCUT2D eigenvalue weighted by atomic mass is 10.1. The number of carbonyl (C=O) groups is 1. The molecule has 7 heteroatoms. The second-order valence-electron chi connectivity index (χ2n) is 6.76. The number of amides is 1. The average Bonchev–Trinajstić information content (AvgIpc) is 3.41. The first-order valence-electron chi connectivity index (χ1n) is 8.79. The van der Waals surface area contributed by atoms with Crippen LogP contribution in [-0.2, 0) is 11.8 Å². The SMILES string of the molecule is Cn1cnc2cc(-c3noc([C@@H]4CC(=O)N(c5ccccc5)C4)n3)ccc21. The van der Waals surface area contributed by atoms with Gasteiger partial charge >= 0.3 is 0 Å². The van der Waals surface area contributed by atoms with E-state index in [1.54, 1.807) is 11.2 Å². The predicted molar refractivity (Wildman–Crippen MR) is 100 cm³/mol. The minimum Gasteiger partial charge on any atom is -0.339 e. The molecule has 1 atom stereocenters. The third kappa shape index (κ3) is 2.68. The minimum absolute atomic E-state index is 0.0702. The first-order valence-corrected chi connectivity index (χ1v) is 8.79. The lowest BCUT2D eigenvalue weighted by Crippen LogP contribution is -2.24. The maximum Gasteiger partial charge on any atom is 0.232 e. The van der Waals surface area contributed by atoms with E-state index in [1.165, 1.54) is 0 Å². The number of hydrogen-bond donors (Lipinski definition) is 0. The van der Waals surface area contributed by atoms with Gasteiger partial charge in [0.05, 0.1) is 23.3 Å². The number of aromatic nitrogens is 4. The average molecular weight is 359 g/mol. The van der Waals surface area contributed by atoms with Crippen LogP contribution >= 0.6 is 0 Å². The number of imidazole rings is 1. The Morgan fingerprint density at radius 1 is 1.15 bits per heavy atom. The highest BCUT2D eigenvalue weighted by atomic mass is 16.5. The van der Waals surface area contributed by atoms with Crippen molar-refractivity contribution in [2.75, 3.05) is 11.4 Å². The van der Waals surface area contributed by atoms with Crippen LogP contribution in [0.3, 0.4) is 0 Å². The number of carbonyl (C=O) groups excluding carboxylic acids is 1. The number of anilines is 1. The topological polar surface area (TPSA) is 77.0 Å². The van der Waals surface area contributed by atoms with Gasteiger partial charge < -0.3 is 14.0 Å². The number of aryl methyl sites for hydroxylation is 1. The summed E-state index contributed by atoms with van der Waals surface area (Å²) in [6.07, 6.45) is 2.15. The Kier molecular flexibility index (Phi) is 3.53. The molecule has 0 bridgehead atoms. The Hall–Kier alpha value is -3.48. The van der Waals surface area contributed by atoms with E-state index in [0.29, 0.717) is 24.7 Å². The van der Waals surface area contributed by atoms with Crippen LogP contribution in [-0.4, -0.2) is 32.1 Å². The van der Waals surface area contributed by atoms with Gasteiger partial charge in [-0.05, 0) is 30.3 Å². The zero-order valence-corrected chi connectivity index (χ0v) is 14.7. The molecule has 0 unspecified atom stereocenters. The lowest BCUT2D eigenvalue weighted by Gasteiger charge is -2.15. The minimum atomic E-state index is -0.0995. The van der Waals surface area contributed by atoms with E-state index in [4.69, 9.17) is 4.52 Å². The van der Waals surface area contributed by atoms with Crippen LogP contribution in [0.5, 0.6) is 0 Å². The highest BCUT2D eigenvalue weighted by Crippen LogP contribution is 2.32. The van der Waals surface area contributed by atoms with Crippen LogP contribution in [0.2, 0.25) is 0 Å². The molecule has 0 aliphatic carbocycles. The van der Waals surface area contributed by atoms with Crippen molar-refractivity contribution in [3.05, 3.63) is 60.7 Å². The number of fused-ring (bicyclic) bond motifs is 1. The monoisotopic (exact) mass is 359 g/mol. The molecule has 1 saturated heterocycles. The maximum absolute atomic E-state index is 12.4. The number of benzene rings is 2. The standard InChI is InChI=1S/C20H17N5O2/c1-24-12-21-16-9-13(7-8-17(16)24)19-22-20(27-23-19)14-10-18(26)25(11-14)15-5-3-2-4-6-15/h2-9,12,14H,10-11H2,1H3/t14-/m1/s1. The van der Waals surface area contributed by atoms with Crippen molar-refractivity contribution < 1.29 is 9.32 Å². The van der Waals surface area contributed by atoms with Crippen molar-refractivity contribution in [3.63, 3.8) is 0 Å². The molecular weight excluding hydrogens is 342 g/mol. The summed E-state index contributed by atoms with van der Waals surface area (Å²) in [5.41, 5.74) is 3.67. The summed E-state index contributed by atoms with van der Waals surface area (Å²) in [7, 11) is 1.96. The van der Waals surface area contributed by atoms with Gasteiger partial charge in [0.2, 0.25) is 17.6 Å². The maximum atomic E-state index is 12.4. The van der Waals surface area contributed by atoms with Crippen LogP contribution in [0.1, 0.15) is 18.2 Å². The molecule has 2 aromatic heterocycles. The smallest absolute Gasteiger partial charge is 0.232 e. The van der Waals surface area contributed by atoms with Gasteiger partial charge in [-0.3, -0.25) is 4.79 Å². The quantitative estimate of drug-likeness (QED) is 0.562. The summed E-state index contributed by atoms with van der Waals surface area (Å²) < 4.78 is 7.45. The second kappa shape index (κ2) is 6.05. The van der Waals surface area contributed by atoms with Crippen LogP contribution in [0.4, 0.5) is 5.69 Å².